The van der Waals surface area contributed by atoms with Crippen LogP contribution in [0.5, 0.6) is 0 Å². The number of aromatic nitrogens is 1. The fourth-order valence-electron chi connectivity index (χ4n) is 1.80. The number of hydrogen-bond acceptors (Lipinski definition) is 2. The molecule has 0 saturated carbocycles. The third kappa shape index (κ3) is 2.57. The first-order chi connectivity index (χ1) is 8.50. The van der Waals surface area contributed by atoms with Crippen molar-refractivity contribution >= 4 is 0 Å². The highest BCUT2D eigenvalue weighted by atomic mass is 14.7. The first-order valence-electron chi connectivity index (χ1n) is 5.99. The van der Waals surface area contributed by atoms with Gasteiger partial charge in [0.25, 0.3) is 0 Å². The third-order valence-corrected chi connectivity index (χ3v) is 2.91. The average molecular weight is 236 g/mol. The molecule has 0 aliphatic rings. The smallest absolute Gasteiger partial charge is 0.141 e. The van der Waals surface area contributed by atoms with Crippen LogP contribution < -0.4 is 0 Å². The summed E-state index contributed by atoms with van der Waals surface area (Å²) in [5.74, 6) is 0. The van der Waals surface area contributed by atoms with E-state index >= 15 is 0 Å². The van der Waals surface area contributed by atoms with Gasteiger partial charge in [-0.2, -0.15) is 5.26 Å². The highest BCUT2D eigenvalue weighted by Gasteiger charge is 2.13. The van der Waals surface area contributed by atoms with Gasteiger partial charge in [0.2, 0.25) is 0 Å². The lowest BCUT2D eigenvalue weighted by Crippen LogP contribution is -2.10. The van der Waals surface area contributed by atoms with E-state index < -0.39 is 0 Å². The summed E-state index contributed by atoms with van der Waals surface area (Å²) in [6.45, 7) is 6.57. The zero-order chi connectivity index (χ0) is 13.2. The molecule has 1 aromatic heterocycles. The largest absolute Gasteiger partial charge is 0.237 e. The Morgan fingerprint density at radius 2 is 1.67 bits per heavy atom. The summed E-state index contributed by atoms with van der Waals surface area (Å²) in [5.41, 5.74) is 3.78. The molecule has 2 aromatic rings. The molecule has 0 aliphatic heterocycles. The number of rotatable bonds is 1. The minimum Gasteiger partial charge on any atom is -0.237 e. The molecule has 2 heteroatoms. The molecule has 1 aromatic carbocycles. The standard InChI is InChI=1S/C16H16N2/c1-16(2,3)13-9-7-12(8-10-13)15-6-4-5-14(11-17)18-15/h4-10H,1-3H3. The fraction of sp³-hybridized carbons (Fsp3) is 0.250. The molecule has 0 saturated heterocycles. The molecular formula is C16H16N2. The van der Waals surface area contributed by atoms with Gasteiger partial charge in [0.05, 0.1) is 5.69 Å². The van der Waals surface area contributed by atoms with Gasteiger partial charge in [-0.3, -0.25) is 0 Å². The van der Waals surface area contributed by atoms with Crippen LogP contribution in [-0.2, 0) is 5.41 Å². The van der Waals surface area contributed by atoms with Crippen LogP contribution in [0, 0.1) is 11.3 Å². The van der Waals surface area contributed by atoms with E-state index in [1.807, 2.05) is 12.1 Å². The van der Waals surface area contributed by atoms with Crippen molar-refractivity contribution in [3.8, 4) is 17.3 Å². The lowest BCUT2D eigenvalue weighted by atomic mass is 9.86. The fourth-order valence-corrected chi connectivity index (χ4v) is 1.80. The summed E-state index contributed by atoms with van der Waals surface area (Å²) < 4.78 is 0. The van der Waals surface area contributed by atoms with Crippen LogP contribution in [0.25, 0.3) is 11.3 Å². The van der Waals surface area contributed by atoms with Gasteiger partial charge in [-0.15, -0.1) is 0 Å². The van der Waals surface area contributed by atoms with Gasteiger partial charge in [-0.05, 0) is 23.1 Å². The molecule has 2 rings (SSSR count). The van der Waals surface area contributed by atoms with Crippen molar-refractivity contribution in [2.45, 2.75) is 26.2 Å². The van der Waals surface area contributed by atoms with Gasteiger partial charge >= 0.3 is 0 Å². The number of nitriles is 1. The Kier molecular flexibility index (Phi) is 3.16. The van der Waals surface area contributed by atoms with Crippen LogP contribution in [0.3, 0.4) is 0 Å². The van der Waals surface area contributed by atoms with E-state index in [1.165, 1.54) is 5.56 Å². The maximum Gasteiger partial charge on any atom is 0.141 e. The second kappa shape index (κ2) is 4.62. The van der Waals surface area contributed by atoms with Crippen molar-refractivity contribution in [2.75, 3.05) is 0 Å². The summed E-state index contributed by atoms with van der Waals surface area (Å²) in [5, 5.41) is 8.85. The SMILES string of the molecule is CC(C)(C)c1ccc(-c2cccc(C#N)n2)cc1. The monoisotopic (exact) mass is 236 g/mol. The average Bonchev–Trinajstić information content (AvgIpc) is 2.38. The van der Waals surface area contributed by atoms with E-state index in [2.05, 4.69) is 56.1 Å². The van der Waals surface area contributed by atoms with E-state index in [-0.39, 0.29) is 5.41 Å². The molecule has 2 nitrogen and oxygen atoms in total. The molecule has 0 aliphatic carbocycles. The lowest BCUT2D eigenvalue weighted by Gasteiger charge is -2.19. The first-order valence-corrected chi connectivity index (χ1v) is 5.99. The quantitative estimate of drug-likeness (QED) is 0.752. The normalized spacial score (nSPS) is 11.0. The molecule has 90 valence electrons. The minimum absolute atomic E-state index is 0.153. The van der Waals surface area contributed by atoms with Gasteiger partial charge in [0, 0.05) is 5.56 Å². The zero-order valence-corrected chi connectivity index (χ0v) is 10.9. The summed E-state index contributed by atoms with van der Waals surface area (Å²) in [6.07, 6.45) is 0. The minimum atomic E-state index is 0.153. The van der Waals surface area contributed by atoms with Gasteiger partial charge in [0.1, 0.15) is 11.8 Å². The predicted molar refractivity (Wildman–Crippen MR) is 73.1 cm³/mol. The second-order valence-corrected chi connectivity index (χ2v) is 5.35. The van der Waals surface area contributed by atoms with Crippen molar-refractivity contribution in [3.63, 3.8) is 0 Å². The Morgan fingerprint density at radius 1 is 1.00 bits per heavy atom. The molecule has 0 bridgehead atoms. The van der Waals surface area contributed by atoms with Crippen LogP contribution in [-0.4, -0.2) is 4.98 Å². The Balaban J connectivity index is 2.38. The van der Waals surface area contributed by atoms with Crippen molar-refractivity contribution in [1.29, 1.82) is 5.26 Å². The molecule has 0 unspecified atom stereocenters. The van der Waals surface area contributed by atoms with Crippen molar-refractivity contribution in [2.24, 2.45) is 0 Å². The Morgan fingerprint density at radius 3 is 2.22 bits per heavy atom. The van der Waals surface area contributed by atoms with Crippen LogP contribution in [0.2, 0.25) is 0 Å². The van der Waals surface area contributed by atoms with E-state index in [4.69, 9.17) is 5.26 Å². The van der Waals surface area contributed by atoms with Gasteiger partial charge in [0.15, 0.2) is 0 Å². The van der Waals surface area contributed by atoms with Crippen molar-refractivity contribution < 1.29 is 0 Å². The second-order valence-electron chi connectivity index (χ2n) is 5.35. The number of benzene rings is 1. The highest BCUT2D eigenvalue weighted by Crippen LogP contribution is 2.25. The Hall–Kier alpha value is -2.14. The Labute approximate surface area is 108 Å². The van der Waals surface area contributed by atoms with Crippen LogP contribution >= 0.6 is 0 Å². The van der Waals surface area contributed by atoms with E-state index in [0.29, 0.717) is 5.69 Å². The number of hydrogen-bond donors (Lipinski definition) is 0. The predicted octanol–water partition coefficient (Wildman–Crippen LogP) is 3.92. The summed E-state index contributed by atoms with van der Waals surface area (Å²) >= 11 is 0. The number of nitrogens with zero attached hydrogens (tertiary/aromatic N) is 2. The zero-order valence-electron chi connectivity index (χ0n) is 10.9. The van der Waals surface area contributed by atoms with E-state index in [1.54, 1.807) is 6.07 Å². The molecule has 18 heavy (non-hydrogen) atoms. The maximum absolute atomic E-state index is 8.85. The molecular weight excluding hydrogens is 220 g/mol. The molecule has 0 fully saturated rings. The van der Waals surface area contributed by atoms with E-state index in [0.717, 1.165) is 11.3 Å². The maximum atomic E-state index is 8.85. The number of pyridine rings is 1. The van der Waals surface area contributed by atoms with Gasteiger partial charge in [-0.1, -0.05) is 51.1 Å². The molecule has 0 atom stereocenters. The summed E-state index contributed by atoms with van der Waals surface area (Å²) in [6, 6.07) is 15.9. The molecule has 0 amide bonds. The van der Waals surface area contributed by atoms with E-state index in [9.17, 15) is 0 Å². The molecule has 1 heterocycles. The topological polar surface area (TPSA) is 36.7 Å². The summed E-state index contributed by atoms with van der Waals surface area (Å²) in [7, 11) is 0. The van der Waals surface area contributed by atoms with Gasteiger partial charge < -0.3 is 0 Å². The van der Waals surface area contributed by atoms with Crippen molar-refractivity contribution in [3.05, 3.63) is 53.7 Å². The molecule has 0 radical (unpaired) electrons. The van der Waals surface area contributed by atoms with Crippen molar-refractivity contribution in [1.82, 2.24) is 4.98 Å². The van der Waals surface area contributed by atoms with Crippen LogP contribution in [0.1, 0.15) is 32.0 Å². The molecule has 0 spiro atoms. The highest BCUT2D eigenvalue weighted by molar-refractivity contribution is 5.60. The van der Waals surface area contributed by atoms with Crippen LogP contribution in [0.15, 0.2) is 42.5 Å². The first kappa shape index (κ1) is 12.3. The molecule has 0 N–H and O–H groups in total. The third-order valence-electron chi connectivity index (χ3n) is 2.91. The van der Waals surface area contributed by atoms with Crippen LogP contribution in [0.4, 0.5) is 0 Å². The summed E-state index contributed by atoms with van der Waals surface area (Å²) in [4.78, 5) is 4.29. The lowest BCUT2D eigenvalue weighted by molar-refractivity contribution is 0.590. The Bertz CT molecular complexity index is 584. The van der Waals surface area contributed by atoms with Gasteiger partial charge in [-0.25, -0.2) is 4.98 Å².